The van der Waals surface area contributed by atoms with Gasteiger partial charge in [-0.05, 0) is 24.3 Å². The summed E-state index contributed by atoms with van der Waals surface area (Å²) in [5, 5.41) is 2.68. The van der Waals surface area contributed by atoms with Crippen molar-refractivity contribution >= 4 is 23.1 Å². The van der Waals surface area contributed by atoms with Crippen LogP contribution in [-0.4, -0.2) is 15.3 Å². The molecule has 2 heterocycles. The van der Waals surface area contributed by atoms with Crippen LogP contribution in [0, 0.1) is 5.82 Å². The number of imidazole rings is 1. The number of nitrogens with one attached hydrogen (secondary N) is 1. The molecule has 106 valence electrons. The third-order valence-electron chi connectivity index (χ3n) is 3.12. The van der Waals surface area contributed by atoms with Gasteiger partial charge in [0.2, 0.25) is 5.91 Å². The number of hydrogen-bond acceptors (Lipinski definition) is 3. The van der Waals surface area contributed by atoms with Crippen LogP contribution in [0.5, 0.6) is 0 Å². The number of halogens is 1. The third-order valence-corrected chi connectivity index (χ3v) is 3.12. The molecule has 6 heteroatoms. The molecule has 0 aliphatic heterocycles. The number of anilines is 2. The Kier molecular flexibility index (Phi) is 3.06. The first-order chi connectivity index (χ1) is 10.1. The standard InChI is InChI=1S/C15H13FN4O/c1-9(21)18-11-6-4-10(5-7-11)13-14(17)20-8-2-3-12(16)15(20)19-13/h2-8H,17H2,1H3,(H,18,21). The fourth-order valence-electron chi connectivity index (χ4n) is 2.18. The van der Waals surface area contributed by atoms with Gasteiger partial charge in [0, 0.05) is 24.4 Å². The van der Waals surface area contributed by atoms with Gasteiger partial charge in [0.1, 0.15) is 11.5 Å². The number of pyridine rings is 1. The van der Waals surface area contributed by atoms with Gasteiger partial charge in [0.25, 0.3) is 0 Å². The van der Waals surface area contributed by atoms with E-state index in [0.717, 1.165) is 5.56 Å². The van der Waals surface area contributed by atoms with E-state index in [0.29, 0.717) is 17.2 Å². The molecule has 2 aromatic heterocycles. The van der Waals surface area contributed by atoms with Crippen molar-refractivity contribution in [3.05, 3.63) is 48.4 Å². The summed E-state index contributed by atoms with van der Waals surface area (Å²) < 4.78 is 15.2. The molecule has 0 aliphatic carbocycles. The number of hydrogen-bond donors (Lipinski definition) is 2. The molecule has 0 saturated carbocycles. The number of benzene rings is 1. The second-order valence-corrected chi connectivity index (χ2v) is 4.65. The van der Waals surface area contributed by atoms with Gasteiger partial charge in [-0.25, -0.2) is 9.37 Å². The number of nitrogen functional groups attached to an aromatic ring is 1. The first-order valence-corrected chi connectivity index (χ1v) is 6.36. The van der Waals surface area contributed by atoms with Crippen molar-refractivity contribution in [3.8, 4) is 11.3 Å². The number of nitrogens with two attached hydrogens (primary N) is 1. The highest BCUT2D eigenvalue weighted by Crippen LogP contribution is 2.28. The van der Waals surface area contributed by atoms with Crippen LogP contribution in [-0.2, 0) is 4.79 Å². The second-order valence-electron chi connectivity index (χ2n) is 4.65. The highest BCUT2D eigenvalue weighted by Gasteiger charge is 2.13. The normalized spacial score (nSPS) is 10.8. The van der Waals surface area contributed by atoms with Gasteiger partial charge in [-0.2, -0.15) is 0 Å². The van der Waals surface area contributed by atoms with Crippen molar-refractivity contribution in [2.45, 2.75) is 6.92 Å². The largest absolute Gasteiger partial charge is 0.383 e. The van der Waals surface area contributed by atoms with Crippen molar-refractivity contribution in [3.63, 3.8) is 0 Å². The van der Waals surface area contributed by atoms with Gasteiger partial charge in [-0.3, -0.25) is 9.20 Å². The van der Waals surface area contributed by atoms with E-state index in [1.807, 2.05) is 0 Å². The molecular formula is C15H13FN4O. The van der Waals surface area contributed by atoms with Gasteiger partial charge >= 0.3 is 0 Å². The molecule has 0 fully saturated rings. The van der Waals surface area contributed by atoms with E-state index in [1.165, 1.54) is 17.4 Å². The van der Waals surface area contributed by atoms with Crippen LogP contribution in [0.2, 0.25) is 0 Å². The molecule has 0 radical (unpaired) electrons. The maximum atomic E-state index is 13.7. The Morgan fingerprint density at radius 1 is 1.29 bits per heavy atom. The Hall–Kier alpha value is -2.89. The number of carbonyl (C=O) groups is 1. The van der Waals surface area contributed by atoms with Gasteiger partial charge in [0.15, 0.2) is 11.5 Å². The van der Waals surface area contributed by atoms with E-state index >= 15 is 0 Å². The zero-order chi connectivity index (χ0) is 15.0. The first-order valence-electron chi connectivity index (χ1n) is 6.36. The van der Waals surface area contributed by atoms with Crippen molar-refractivity contribution in [1.29, 1.82) is 0 Å². The van der Waals surface area contributed by atoms with Gasteiger partial charge < -0.3 is 11.1 Å². The molecule has 0 bridgehead atoms. The molecule has 1 aromatic carbocycles. The zero-order valence-corrected chi connectivity index (χ0v) is 11.3. The molecule has 0 spiro atoms. The Labute approximate surface area is 120 Å². The zero-order valence-electron chi connectivity index (χ0n) is 11.3. The predicted octanol–water partition coefficient (Wildman–Crippen LogP) is 2.68. The van der Waals surface area contributed by atoms with Crippen LogP contribution >= 0.6 is 0 Å². The smallest absolute Gasteiger partial charge is 0.221 e. The van der Waals surface area contributed by atoms with Crippen molar-refractivity contribution in [2.24, 2.45) is 0 Å². The van der Waals surface area contributed by atoms with Crippen LogP contribution in [0.1, 0.15) is 6.92 Å². The van der Waals surface area contributed by atoms with Crippen molar-refractivity contribution in [1.82, 2.24) is 9.38 Å². The highest BCUT2D eigenvalue weighted by atomic mass is 19.1. The average Bonchev–Trinajstić information content (AvgIpc) is 2.78. The van der Waals surface area contributed by atoms with Crippen LogP contribution in [0.25, 0.3) is 16.9 Å². The monoisotopic (exact) mass is 284 g/mol. The Bertz CT molecular complexity index is 824. The molecular weight excluding hydrogens is 271 g/mol. The highest BCUT2D eigenvalue weighted by molar-refractivity contribution is 5.89. The number of nitrogens with zero attached hydrogens (tertiary/aromatic N) is 2. The summed E-state index contributed by atoms with van der Waals surface area (Å²) in [6.07, 6.45) is 1.66. The molecule has 3 rings (SSSR count). The molecule has 0 saturated heterocycles. The maximum absolute atomic E-state index is 13.7. The number of rotatable bonds is 2. The van der Waals surface area contributed by atoms with E-state index in [4.69, 9.17) is 5.73 Å². The van der Waals surface area contributed by atoms with Gasteiger partial charge in [0.05, 0.1) is 0 Å². The lowest BCUT2D eigenvalue weighted by atomic mass is 10.1. The lowest BCUT2D eigenvalue weighted by Gasteiger charge is -2.03. The van der Waals surface area contributed by atoms with E-state index in [-0.39, 0.29) is 11.6 Å². The maximum Gasteiger partial charge on any atom is 0.221 e. The molecule has 21 heavy (non-hydrogen) atoms. The summed E-state index contributed by atoms with van der Waals surface area (Å²) >= 11 is 0. The summed E-state index contributed by atoms with van der Waals surface area (Å²) in [6, 6.07) is 9.96. The Balaban J connectivity index is 2.06. The Morgan fingerprint density at radius 2 is 2.00 bits per heavy atom. The first kappa shape index (κ1) is 13.1. The summed E-state index contributed by atoms with van der Waals surface area (Å²) in [5.74, 6) is -0.195. The number of amides is 1. The van der Waals surface area contributed by atoms with Crippen molar-refractivity contribution < 1.29 is 9.18 Å². The lowest BCUT2D eigenvalue weighted by molar-refractivity contribution is -0.114. The molecule has 3 aromatic rings. The minimum Gasteiger partial charge on any atom is -0.383 e. The van der Waals surface area contributed by atoms with Crippen LogP contribution < -0.4 is 11.1 Å². The molecule has 0 unspecified atom stereocenters. The molecule has 1 amide bonds. The van der Waals surface area contributed by atoms with E-state index < -0.39 is 5.82 Å². The molecule has 0 aliphatic rings. The minimum atomic E-state index is -0.426. The molecule has 0 atom stereocenters. The van der Waals surface area contributed by atoms with E-state index in [2.05, 4.69) is 10.3 Å². The minimum absolute atomic E-state index is 0.142. The second kappa shape index (κ2) is 4.90. The molecule has 3 N–H and O–H groups in total. The number of aromatic nitrogens is 2. The fourth-order valence-corrected chi connectivity index (χ4v) is 2.18. The summed E-state index contributed by atoms with van der Waals surface area (Å²) in [5.41, 5.74) is 8.16. The van der Waals surface area contributed by atoms with Gasteiger partial charge in [-0.15, -0.1) is 0 Å². The fraction of sp³-hybridized carbons (Fsp3) is 0.0667. The van der Waals surface area contributed by atoms with Crippen LogP contribution in [0.4, 0.5) is 15.9 Å². The van der Waals surface area contributed by atoms with Gasteiger partial charge in [-0.1, -0.05) is 12.1 Å². The third kappa shape index (κ3) is 2.31. The van der Waals surface area contributed by atoms with Crippen molar-refractivity contribution in [2.75, 3.05) is 11.1 Å². The van der Waals surface area contributed by atoms with E-state index in [9.17, 15) is 9.18 Å². The molecule has 5 nitrogen and oxygen atoms in total. The lowest BCUT2D eigenvalue weighted by Crippen LogP contribution is -2.05. The van der Waals surface area contributed by atoms with Crippen LogP contribution in [0.15, 0.2) is 42.6 Å². The van der Waals surface area contributed by atoms with Crippen LogP contribution in [0.3, 0.4) is 0 Å². The predicted molar refractivity (Wildman–Crippen MR) is 79.3 cm³/mol. The summed E-state index contributed by atoms with van der Waals surface area (Å²) in [4.78, 5) is 15.2. The quantitative estimate of drug-likeness (QED) is 0.760. The number of carbonyl (C=O) groups excluding carboxylic acids is 1. The average molecular weight is 284 g/mol. The number of fused-ring (bicyclic) bond motifs is 1. The summed E-state index contributed by atoms with van der Waals surface area (Å²) in [6.45, 7) is 1.44. The van der Waals surface area contributed by atoms with E-state index in [1.54, 1.807) is 36.5 Å². The Morgan fingerprint density at radius 3 is 2.62 bits per heavy atom. The SMILES string of the molecule is CC(=O)Nc1ccc(-c2nc3c(F)cccn3c2N)cc1. The summed E-state index contributed by atoms with van der Waals surface area (Å²) in [7, 11) is 0. The topological polar surface area (TPSA) is 72.4 Å².